The Kier molecular flexibility index (Phi) is 3.69. The first-order chi connectivity index (χ1) is 12.4. The Morgan fingerprint density at radius 1 is 1.15 bits per heavy atom. The monoisotopic (exact) mass is 369 g/mol. The molecule has 0 saturated heterocycles. The van der Waals surface area contributed by atoms with Gasteiger partial charge in [0, 0.05) is 43.1 Å². The zero-order chi connectivity index (χ0) is 18.3. The molecule has 0 aliphatic heterocycles. The first kappa shape index (κ1) is 16.2. The fourth-order valence-electron chi connectivity index (χ4n) is 2.53. The van der Waals surface area contributed by atoms with Crippen molar-refractivity contribution < 1.29 is 8.42 Å². The van der Waals surface area contributed by atoms with Gasteiger partial charge in [0.15, 0.2) is 15.5 Å². The predicted molar refractivity (Wildman–Crippen MR) is 95.8 cm³/mol. The lowest BCUT2D eigenvalue weighted by Crippen LogP contribution is -1.98. The molecular formula is C16H15N7O2S. The molecule has 0 saturated carbocycles. The molecule has 0 amide bonds. The summed E-state index contributed by atoms with van der Waals surface area (Å²) in [7, 11) is -1.39. The summed E-state index contributed by atoms with van der Waals surface area (Å²) in [5.41, 5.74) is 2.79. The number of hydrogen-bond donors (Lipinski definition) is 1. The van der Waals surface area contributed by atoms with Gasteiger partial charge in [0.2, 0.25) is 5.95 Å². The predicted octanol–water partition coefficient (Wildman–Crippen LogP) is 1.67. The van der Waals surface area contributed by atoms with Crippen molar-refractivity contribution in [3.63, 3.8) is 0 Å². The quantitative estimate of drug-likeness (QED) is 0.583. The van der Waals surface area contributed by atoms with E-state index in [9.17, 15) is 8.42 Å². The van der Waals surface area contributed by atoms with Crippen LogP contribution in [-0.2, 0) is 16.9 Å². The maximum Gasteiger partial charge on any atom is 0.247 e. The first-order valence-electron chi connectivity index (χ1n) is 7.68. The maximum atomic E-state index is 11.5. The largest absolute Gasteiger partial charge is 0.323 e. The van der Waals surface area contributed by atoms with Gasteiger partial charge in [0.25, 0.3) is 0 Å². The van der Waals surface area contributed by atoms with Crippen molar-refractivity contribution in [2.24, 2.45) is 7.05 Å². The van der Waals surface area contributed by atoms with Gasteiger partial charge in [0.05, 0.1) is 11.1 Å². The molecule has 1 aromatic carbocycles. The number of benzene rings is 1. The summed E-state index contributed by atoms with van der Waals surface area (Å²) >= 11 is 0. The van der Waals surface area contributed by atoms with Gasteiger partial charge in [-0.15, -0.1) is 5.10 Å². The Balaban J connectivity index is 1.68. The van der Waals surface area contributed by atoms with Gasteiger partial charge in [-0.05, 0) is 24.3 Å². The number of nitrogens with zero attached hydrogens (tertiary/aromatic N) is 6. The van der Waals surface area contributed by atoms with Crippen molar-refractivity contribution in [1.29, 1.82) is 0 Å². The second-order valence-corrected chi connectivity index (χ2v) is 7.82. The lowest BCUT2D eigenvalue weighted by molar-refractivity contribution is 0.602. The summed E-state index contributed by atoms with van der Waals surface area (Å²) in [6.07, 6.45) is 8.10. The lowest BCUT2D eigenvalue weighted by atomic mass is 10.2. The van der Waals surface area contributed by atoms with Gasteiger partial charge in [-0.1, -0.05) is 0 Å². The van der Waals surface area contributed by atoms with Gasteiger partial charge in [-0.3, -0.25) is 9.67 Å². The van der Waals surface area contributed by atoms with Crippen molar-refractivity contribution in [2.75, 3.05) is 11.6 Å². The number of aryl methyl sites for hydroxylation is 1. The van der Waals surface area contributed by atoms with E-state index in [1.54, 1.807) is 39.9 Å². The fourth-order valence-corrected chi connectivity index (χ4v) is 3.16. The third-order valence-corrected chi connectivity index (χ3v) is 4.90. The lowest BCUT2D eigenvalue weighted by Gasteiger charge is -2.02. The third-order valence-electron chi connectivity index (χ3n) is 3.77. The average molecular weight is 369 g/mol. The van der Waals surface area contributed by atoms with Crippen LogP contribution in [0.25, 0.3) is 16.9 Å². The molecule has 0 radical (unpaired) electrons. The number of hydrogen-bond acceptors (Lipinski definition) is 7. The van der Waals surface area contributed by atoms with E-state index in [1.807, 2.05) is 13.2 Å². The van der Waals surface area contributed by atoms with Crippen LogP contribution in [0, 0.1) is 0 Å². The Morgan fingerprint density at radius 2 is 1.92 bits per heavy atom. The molecule has 0 fully saturated rings. The molecule has 0 bridgehead atoms. The Hall–Kier alpha value is -3.27. The summed E-state index contributed by atoms with van der Waals surface area (Å²) in [5.74, 6) is 0.384. The summed E-state index contributed by atoms with van der Waals surface area (Å²) in [4.78, 5) is 9.12. The SMILES string of the molecule is Cn1cc(-c2nccn3nc(Nc4ccc(S(C)(=O)=O)cc4)nc23)cn1. The molecule has 0 aliphatic carbocycles. The minimum atomic E-state index is -3.23. The highest BCUT2D eigenvalue weighted by Gasteiger charge is 2.13. The number of nitrogens with one attached hydrogen (secondary N) is 1. The van der Waals surface area contributed by atoms with Crippen molar-refractivity contribution in [1.82, 2.24) is 29.4 Å². The van der Waals surface area contributed by atoms with E-state index in [0.717, 1.165) is 5.56 Å². The minimum absolute atomic E-state index is 0.258. The Bertz CT molecular complexity index is 1190. The van der Waals surface area contributed by atoms with Crippen LogP contribution in [0.5, 0.6) is 0 Å². The minimum Gasteiger partial charge on any atom is -0.323 e. The molecule has 9 nitrogen and oxygen atoms in total. The fraction of sp³-hybridized carbons (Fsp3) is 0.125. The highest BCUT2D eigenvalue weighted by molar-refractivity contribution is 7.90. The average Bonchev–Trinajstić information content (AvgIpc) is 3.19. The Morgan fingerprint density at radius 3 is 2.58 bits per heavy atom. The number of rotatable bonds is 4. The second-order valence-electron chi connectivity index (χ2n) is 5.80. The molecule has 3 aromatic heterocycles. The van der Waals surface area contributed by atoms with Crippen LogP contribution in [0.15, 0.2) is 53.9 Å². The van der Waals surface area contributed by atoms with Crippen LogP contribution in [0.4, 0.5) is 11.6 Å². The van der Waals surface area contributed by atoms with E-state index in [2.05, 4.69) is 25.5 Å². The molecule has 4 aromatic rings. The Labute approximate surface area is 149 Å². The summed E-state index contributed by atoms with van der Waals surface area (Å²) in [5, 5.41) is 11.6. The van der Waals surface area contributed by atoms with Crippen molar-refractivity contribution in [3.8, 4) is 11.3 Å². The zero-order valence-corrected chi connectivity index (χ0v) is 14.8. The van der Waals surface area contributed by atoms with Gasteiger partial charge >= 0.3 is 0 Å². The van der Waals surface area contributed by atoms with E-state index >= 15 is 0 Å². The van der Waals surface area contributed by atoms with E-state index in [4.69, 9.17) is 0 Å². The van der Waals surface area contributed by atoms with Crippen molar-refractivity contribution >= 4 is 27.1 Å². The zero-order valence-electron chi connectivity index (χ0n) is 14.0. The number of anilines is 2. The van der Waals surface area contributed by atoms with Crippen LogP contribution >= 0.6 is 0 Å². The molecule has 0 aliphatic rings. The van der Waals surface area contributed by atoms with Gasteiger partial charge in [-0.2, -0.15) is 10.1 Å². The molecule has 10 heteroatoms. The van der Waals surface area contributed by atoms with Gasteiger partial charge < -0.3 is 5.32 Å². The van der Waals surface area contributed by atoms with Crippen molar-refractivity contribution in [3.05, 3.63) is 49.1 Å². The van der Waals surface area contributed by atoms with E-state index < -0.39 is 9.84 Å². The summed E-state index contributed by atoms with van der Waals surface area (Å²) in [6, 6.07) is 6.41. The van der Waals surface area contributed by atoms with Crippen LogP contribution in [-0.4, -0.2) is 44.0 Å². The van der Waals surface area contributed by atoms with Crippen LogP contribution < -0.4 is 5.32 Å². The van der Waals surface area contributed by atoms with Crippen LogP contribution in [0.3, 0.4) is 0 Å². The van der Waals surface area contributed by atoms with Gasteiger partial charge in [0.1, 0.15) is 5.69 Å². The van der Waals surface area contributed by atoms with Crippen molar-refractivity contribution in [2.45, 2.75) is 4.90 Å². The summed E-state index contributed by atoms with van der Waals surface area (Å²) in [6.45, 7) is 0. The third kappa shape index (κ3) is 3.02. The van der Waals surface area contributed by atoms with Crippen LogP contribution in [0.2, 0.25) is 0 Å². The molecule has 26 heavy (non-hydrogen) atoms. The standard InChI is InChI=1S/C16H15N7O2S/c1-22-10-11(9-18-22)14-15-20-16(21-23(15)8-7-17-14)19-12-3-5-13(6-4-12)26(2,24)25/h3-10H,1-2H3,(H,19,21). The van der Waals surface area contributed by atoms with Crippen LogP contribution in [0.1, 0.15) is 0 Å². The maximum absolute atomic E-state index is 11.5. The molecule has 0 spiro atoms. The van der Waals surface area contributed by atoms with E-state index in [1.165, 1.54) is 18.4 Å². The smallest absolute Gasteiger partial charge is 0.247 e. The van der Waals surface area contributed by atoms with Gasteiger partial charge in [-0.25, -0.2) is 12.9 Å². The molecule has 0 atom stereocenters. The molecule has 132 valence electrons. The highest BCUT2D eigenvalue weighted by Crippen LogP contribution is 2.22. The number of fused-ring (bicyclic) bond motifs is 1. The molecular weight excluding hydrogens is 354 g/mol. The molecule has 3 heterocycles. The topological polar surface area (TPSA) is 107 Å². The number of sulfone groups is 1. The number of aromatic nitrogens is 6. The normalized spacial score (nSPS) is 11.8. The molecule has 4 rings (SSSR count). The first-order valence-corrected chi connectivity index (χ1v) is 9.57. The highest BCUT2D eigenvalue weighted by atomic mass is 32.2. The van der Waals surface area contributed by atoms with E-state index in [-0.39, 0.29) is 4.90 Å². The summed E-state index contributed by atoms with van der Waals surface area (Å²) < 4.78 is 26.4. The second kappa shape index (κ2) is 5.92. The van der Waals surface area contributed by atoms with E-state index in [0.29, 0.717) is 23.0 Å². The molecule has 1 N–H and O–H groups in total. The molecule has 0 unspecified atom stereocenters.